The molecule has 0 aliphatic carbocycles. The molecular formula is C14H17NO4. The Balaban J connectivity index is 2.84. The lowest BCUT2D eigenvalue weighted by Crippen LogP contribution is -2.23. The van der Waals surface area contributed by atoms with Gasteiger partial charge in [-0.3, -0.25) is 4.79 Å². The Morgan fingerprint density at radius 1 is 1.47 bits per heavy atom. The van der Waals surface area contributed by atoms with E-state index in [9.17, 15) is 15.0 Å². The lowest BCUT2D eigenvalue weighted by atomic mass is 9.96. The van der Waals surface area contributed by atoms with Gasteiger partial charge in [0.15, 0.2) is 0 Å². The molecule has 0 fully saturated rings. The molecule has 2 N–H and O–H groups in total. The van der Waals surface area contributed by atoms with Crippen LogP contribution < -0.4 is 0 Å². The summed E-state index contributed by atoms with van der Waals surface area (Å²) >= 11 is 0. The molecule has 2 unspecified atom stereocenters. The molecule has 0 aromatic heterocycles. The summed E-state index contributed by atoms with van der Waals surface area (Å²) in [4.78, 5) is 11.3. The van der Waals surface area contributed by atoms with Crippen LogP contribution in [0.3, 0.4) is 0 Å². The van der Waals surface area contributed by atoms with Gasteiger partial charge in [0, 0.05) is 0 Å². The predicted molar refractivity (Wildman–Crippen MR) is 68.1 cm³/mol. The van der Waals surface area contributed by atoms with Crippen molar-refractivity contribution in [1.29, 1.82) is 5.26 Å². The van der Waals surface area contributed by atoms with Crippen molar-refractivity contribution in [2.45, 2.75) is 32.5 Å². The second kappa shape index (κ2) is 6.88. The molecule has 0 aliphatic heterocycles. The Labute approximate surface area is 112 Å². The van der Waals surface area contributed by atoms with Crippen molar-refractivity contribution in [3.63, 3.8) is 0 Å². The number of hydrogen-bond acceptors (Lipinski definition) is 5. The molecule has 0 bridgehead atoms. The van der Waals surface area contributed by atoms with Gasteiger partial charge in [-0.25, -0.2) is 0 Å². The summed E-state index contributed by atoms with van der Waals surface area (Å²) < 4.78 is 4.71. The number of hydrogen-bond donors (Lipinski definition) is 2. The van der Waals surface area contributed by atoms with E-state index in [-0.39, 0.29) is 13.0 Å². The van der Waals surface area contributed by atoms with Gasteiger partial charge >= 0.3 is 5.97 Å². The van der Waals surface area contributed by atoms with Crippen LogP contribution in [0.2, 0.25) is 0 Å². The zero-order chi connectivity index (χ0) is 14.4. The van der Waals surface area contributed by atoms with Gasteiger partial charge in [-0.15, -0.1) is 0 Å². The fraction of sp³-hybridized carbons (Fsp3) is 0.429. The van der Waals surface area contributed by atoms with Crippen LogP contribution in [0.15, 0.2) is 18.2 Å². The summed E-state index contributed by atoms with van der Waals surface area (Å²) in [6, 6.07) is 6.79. The fourth-order valence-electron chi connectivity index (χ4n) is 1.74. The monoisotopic (exact) mass is 263 g/mol. The molecule has 2 atom stereocenters. The molecule has 102 valence electrons. The maximum absolute atomic E-state index is 11.3. The number of aryl methyl sites for hydroxylation is 1. The average molecular weight is 263 g/mol. The number of nitriles is 1. The molecule has 5 heteroatoms. The predicted octanol–water partition coefficient (Wildman–Crippen LogP) is 1.21. The van der Waals surface area contributed by atoms with E-state index in [4.69, 9.17) is 10.00 Å². The molecule has 0 amide bonds. The number of aliphatic hydroxyl groups is 2. The number of nitrogens with zero attached hydrogens (tertiary/aromatic N) is 1. The summed E-state index contributed by atoms with van der Waals surface area (Å²) in [6.07, 6.45) is -2.77. The number of ether oxygens (including phenoxy) is 1. The van der Waals surface area contributed by atoms with Crippen molar-refractivity contribution in [2.75, 3.05) is 6.61 Å². The molecular weight excluding hydrogens is 246 g/mol. The fourth-order valence-corrected chi connectivity index (χ4v) is 1.74. The minimum absolute atomic E-state index is 0.227. The van der Waals surface area contributed by atoms with E-state index in [0.29, 0.717) is 11.1 Å². The number of carbonyl (C=O) groups is 1. The van der Waals surface area contributed by atoms with Crippen molar-refractivity contribution >= 4 is 5.97 Å². The highest BCUT2D eigenvalue weighted by molar-refractivity contribution is 5.70. The molecule has 0 spiro atoms. The normalized spacial score (nSPS) is 13.4. The quantitative estimate of drug-likeness (QED) is 0.779. The van der Waals surface area contributed by atoms with Crippen LogP contribution in [0.1, 0.15) is 36.1 Å². The van der Waals surface area contributed by atoms with Crippen LogP contribution in [-0.2, 0) is 9.53 Å². The summed E-state index contributed by atoms with van der Waals surface area (Å²) in [5.74, 6) is -0.567. The standard InChI is InChI=1S/C14H17NO4/c1-3-19-13(17)7-12(16)14(18)11-6-10(8-15)5-4-9(11)2/h4-6,12,14,16,18H,3,7H2,1-2H3. The molecule has 1 rings (SSSR count). The average Bonchev–Trinajstić information content (AvgIpc) is 2.38. The smallest absolute Gasteiger partial charge is 0.308 e. The third-order valence-electron chi connectivity index (χ3n) is 2.77. The Bertz CT molecular complexity index is 493. The van der Waals surface area contributed by atoms with Gasteiger partial charge in [0.1, 0.15) is 6.10 Å². The Kier molecular flexibility index (Phi) is 5.49. The molecule has 0 saturated carbocycles. The van der Waals surface area contributed by atoms with Crippen molar-refractivity contribution in [3.8, 4) is 6.07 Å². The van der Waals surface area contributed by atoms with Crippen LogP contribution in [0.4, 0.5) is 0 Å². The van der Waals surface area contributed by atoms with Crippen molar-refractivity contribution < 1.29 is 19.7 Å². The number of carbonyl (C=O) groups excluding carboxylic acids is 1. The maximum Gasteiger partial charge on any atom is 0.308 e. The number of esters is 1. The zero-order valence-electron chi connectivity index (χ0n) is 11.0. The minimum Gasteiger partial charge on any atom is -0.466 e. The van der Waals surface area contributed by atoms with Crippen LogP contribution in [0.5, 0.6) is 0 Å². The van der Waals surface area contributed by atoms with Crippen LogP contribution in [0, 0.1) is 18.3 Å². The molecule has 0 aliphatic rings. The second-order valence-corrected chi connectivity index (χ2v) is 4.20. The lowest BCUT2D eigenvalue weighted by Gasteiger charge is -2.19. The summed E-state index contributed by atoms with van der Waals surface area (Å²) in [6.45, 7) is 3.66. The van der Waals surface area contributed by atoms with E-state index in [1.54, 1.807) is 26.0 Å². The van der Waals surface area contributed by atoms with Crippen molar-refractivity contribution in [2.24, 2.45) is 0 Å². The van der Waals surface area contributed by atoms with Gasteiger partial charge in [0.05, 0.1) is 30.8 Å². The largest absolute Gasteiger partial charge is 0.466 e. The second-order valence-electron chi connectivity index (χ2n) is 4.20. The molecule has 0 heterocycles. The third kappa shape index (κ3) is 4.05. The summed E-state index contributed by atoms with van der Waals surface area (Å²) in [5.41, 5.74) is 1.58. The molecule has 5 nitrogen and oxygen atoms in total. The molecule has 0 saturated heterocycles. The Morgan fingerprint density at radius 3 is 2.74 bits per heavy atom. The lowest BCUT2D eigenvalue weighted by molar-refractivity contribution is -0.147. The van der Waals surface area contributed by atoms with Crippen LogP contribution >= 0.6 is 0 Å². The molecule has 1 aromatic rings. The van der Waals surface area contributed by atoms with Gasteiger partial charge in [-0.1, -0.05) is 6.07 Å². The first-order valence-electron chi connectivity index (χ1n) is 6.02. The Hall–Kier alpha value is -1.90. The van der Waals surface area contributed by atoms with E-state index < -0.39 is 18.2 Å². The first kappa shape index (κ1) is 15.2. The van der Waals surface area contributed by atoms with Gasteiger partial charge in [0.25, 0.3) is 0 Å². The highest BCUT2D eigenvalue weighted by atomic mass is 16.5. The maximum atomic E-state index is 11.3. The van der Waals surface area contributed by atoms with E-state index in [0.717, 1.165) is 5.56 Å². The first-order valence-corrected chi connectivity index (χ1v) is 6.02. The van der Waals surface area contributed by atoms with E-state index >= 15 is 0 Å². The van der Waals surface area contributed by atoms with Crippen molar-refractivity contribution in [3.05, 3.63) is 34.9 Å². The van der Waals surface area contributed by atoms with Gasteiger partial charge in [0.2, 0.25) is 0 Å². The zero-order valence-corrected chi connectivity index (χ0v) is 11.0. The molecule has 0 radical (unpaired) electrons. The van der Waals surface area contributed by atoms with E-state index in [1.807, 2.05) is 6.07 Å². The first-order chi connectivity index (χ1) is 8.99. The summed E-state index contributed by atoms with van der Waals surface area (Å²) in [5, 5.41) is 28.7. The van der Waals surface area contributed by atoms with Gasteiger partial charge in [-0.2, -0.15) is 5.26 Å². The molecule has 1 aromatic carbocycles. The minimum atomic E-state index is -1.26. The Morgan fingerprint density at radius 2 is 2.16 bits per heavy atom. The van der Waals surface area contributed by atoms with Crippen molar-refractivity contribution in [1.82, 2.24) is 0 Å². The summed E-state index contributed by atoms with van der Waals surface area (Å²) in [7, 11) is 0. The van der Waals surface area contributed by atoms with Gasteiger partial charge in [-0.05, 0) is 37.1 Å². The highest BCUT2D eigenvalue weighted by Crippen LogP contribution is 2.23. The number of aliphatic hydroxyl groups excluding tert-OH is 2. The SMILES string of the molecule is CCOC(=O)CC(O)C(O)c1cc(C#N)ccc1C. The molecule has 19 heavy (non-hydrogen) atoms. The van der Waals surface area contributed by atoms with Gasteiger partial charge < -0.3 is 14.9 Å². The third-order valence-corrected chi connectivity index (χ3v) is 2.77. The number of benzene rings is 1. The topological polar surface area (TPSA) is 90.6 Å². The van der Waals surface area contributed by atoms with E-state index in [1.165, 1.54) is 6.07 Å². The van der Waals surface area contributed by atoms with Crippen LogP contribution in [-0.4, -0.2) is 28.9 Å². The van der Waals surface area contributed by atoms with Crippen LogP contribution in [0.25, 0.3) is 0 Å². The highest BCUT2D eigenvalue weighted by Gasteiger charge is 2.23. The van der Waals surface area contributed by atoms with E-state index in [2.05, 4.69) is 0 Å². The number of rotatable bonds is 5.